The van der Waals surface area contributed by atoms with E-state index in [-0.39, 0.29) is 0 Å². The number of aryl methyl sites for hydroxylation is 1. The fraction of sp³-hybridized carbons (Fsp3) is 0.200. The van der Waals surface area contributed by atoms with E-state index < -0.39 is 0 Å². The highest BCUT2D eigenvalue weighted by Crippen LogP contribution is 2.13. The summed E-state index contributed by atoms with van der Waals surface area (Å²) >= 11 is 0. The van der Waals surface area contributed by atoms with E-state index in [2.05, 4.69) is 9.94 Å². The number of anilines is 1. The van der Waals surface area contributed by atoms with E-state index in [1.165, 1.54) is 0 Å². The number of rotatable bonds is 2. The van der Waals surface area contributed by atoms with Crippen molar-refractivity contribution in [1.29, 1.82) is 0 Å². The number of H-pyrrole nitrogens is 1. The Bertz CT molecular complexity index is 418. The third-order valence-corrected chi connectivity index (χ3v) is 1.90. The number of nitrogen functional groups attached to an aromatic ring is 1. The Morgan fingerprint density at radius 1 is 1.71 bits per heavy atom. The number of allylic oxidation sites excluding steroid dienone is 3. The Morgan fingerprint density at radius 2 is 2.43 bits per heavy atom. The van der Waals surface area contributed by atoms with Crippen LogP contribution in [0.4, 0.5) is 5.82 Å². The SMILES string of the molecule is C#[N+]C=CC(=CC)c1cc(N)[nH][n+]1C. The van der Waals surface area contributed by atoms with Crippen molar-refractivity contribution in [2.24, 2.45) is 7.05 Å². The fourth-order valence-corrected chi connectivity index (χ4v) is 1.26. The maximum absolute atomic E-state index is 5.62. The van der Waals surface area contributed by atoms with Gasteiger partial charge in [-0.05, 0) is 11.8 Å². The first-order valence-electron chi connectivity index (χ1n) is 4.26. The van der Waals surface area contributed by atoms with Gasteiger partial charge in [-0.25, -0.2) is 0 Å². The number of nitrogens with zero attached hydrogens (tertiary/aromatic N) is 2. The van der Waals surface area contributed by atoms with Crippen molar-refractivity contribution in [3.63, 3.8) is 0 Å². The molecule has 72 valence electrons. The van der Waals surface area contributed by atoms with Gasteiger partial charge in [0.1, 0.15) is 0 Å². The lowest BCUT2D eigenvalue weighted by molar-refractivity contribution is -0.727. The summed E-state index contributed by atoms with van der Waals surface area (Å²) in [5, 5.41) is 2.96. The molecule has 0 aromatic carbocycles. The predicted molar refractivity (Wildman–Crippen MR) is 57.5 cm³/mol. The fourth-order valence-electron chi connectivity index (χ4n) is 1.26. The molecule has 0 atom stereocenters. The molecule has 0 aliphatic rings. The molecule has 1 aromatic heterocycles. The molecule has 1 aromatic rings. The number of aromatic nitrogens is 2. The molecule has 0 spiro atoms. The molecule has 0 fully saturated rings. The molecule has 0 amide bonds. The van der Waals surface area contributed by atoms with Crippen LogP contribution in [0.25, 0.3) is 10.4 Å². The normalized spacial score (nSPS) is 11.9. The van der Waals surface area contributed by atoms with Crippen LogP contribution in [-0.2, 0) is 7.05 Å². The number of nitrogens with one attached hydrogen (secondary N) is 1. The third-order valence-electron chi connectivity index (χ3n) is 1.90. The first kappa shape index (κ1) is 10.1. The van der Waals surface area contributed by atoms with E-state index in [9.17, 15) is 0 Å². The summed E-state index contributed by atoms with van der Waals surface area (Å²) in [5.74, 6) is 0.625. The van der Waals surface area contributed by atoms with Crippen molar-refractivity contribution < 1.29 is 4.68 Å². The maximum Gasteiger partial charge on any atom is 0.306 e. The van der Waals surface area contributed by atoms with Gasteiger partial charge in [0.2, 0.25) is 5.69 Å². The average Bonchev–Trinajstić information content (AvgIpc) is 2.47. The maximum atomic E-state index is 5.62. The first-order valence-corrected chi connectivity index (χ1v) is 4.26. The minimum atomic E-state index is 0.625. The summed E-state index contributed by atoms with van der Waals surface area (Å²) in [6.07, 6.45) is 5.32. The van der Waals surface area contributed by atoms with E-state index in [4.69, 9.17) is 12.3 Å². The summed E-state index contributed by atoms with van der Waals surface area (Å²) in [5.41, 5.74) is 7.62. The van der Waals surface area contributed by atoms with E-state index in [1.807, 2.05) is 36.9 Å². The minimum absolute atomic E-state index is 0.625. The largest absolute Gasteiger partial charge is 0.381 e. The van der Waals surface area contributed by atoms with Crippen LogP contribution in [0.15, 0.2) is 24.4 Å². The van der Waals surface area contributed by atoms with Crippen LogP contribution in [0, 0.1) is 6.57 Å². The molecule has 14 heavy (non-hydrogen) atoms. The lowest BCUT2D eigenvalue weighted by Gasteiger charge is -1.89. The van der Waals surface area contributed by atoms with Crippen LogP contribution >= 0.6 is 0 Å². The third kappa shape index (κ3) is 2.02. The Hall–Kier alpha value is -2.02. The Balaban J connectivity index is 3.09. The van der Waals surface area contributed by atoms with Crippen molar-refractivity contribution in [2.75, 3.05) is 5.73 Å². The van der Waals surface area contributed by atoms with E-state index in [0.717, 1.165) is 11.3 Å². The summed E-state index contributed by atoms with van der Waals surface area (Å²) in [7, 11) is 1.89. The van der Waals surface area contributed by atoms with Gasteiger partial charge in [-0.15, -0.1) is 9.78 Å². The monoisotopic (exact) mass is 190 g/mol. The molecule has 1 heterocycles. The molecule has 3 N–H and O–H groups in total. The highest BCUT2D eigenvalue weighted by atomic mass is 15.3. The molecule has 0 saturated carbocycles. The van der Waals surface area contributed by atoms with Crippen molar-refractivity contribution in [1.82, 2.24) is 5.10 Å². The molecule has 0 radical (unpaired) electrons. The van der Waals surface area contributed by atoms with Crippen molar-refractivity contribution in [3.8, 4) is 6.57 Å². The molecule has 4 heteroatoms. The van der Waals surface area contributed by atoms with Crippen LogP contribution in [0.5, 0.6) is 0 Å². The molecular weight excluding hydrogens is 176 g/mol. The van der Waals surface area contributed by atoms with Crippen LogP contribution in [0.3, 0.4) is 0 Å². The molecule has 0 saturated heterocycles. The molecule has 4 nitrogen and oxygen atoms in total. The number of hydrogen-bond donors (Lipinski definition) is 2. The second-order valence-electron chi connectivity index (χ2n) is 2.86. The van der Waals surface area contributed by atoms with Gasteiger partial charge in [-0.3, -0.25) is 0 Å². The number of nitrogens with two attached hydrogens (primary N) is 1. The van der Waals surface area contributed by atoms with Gasteiger partial charge >= 0.3 is 6.20 Å². The van der Waals surface area contributed by atoms with Gasteiger partial charge in [0, 0.05) is 6.08 Å². The van der Waals surface area contributed by atoms with Crippen LogP contribution in [0.2, 0.25) is 0 Å². The minimum Gasteiger partial charge on any atom is -0.381 e. The quantitative estimate of drug-likeness (QED) is 0.536. The lowest BCUT2D eigenvalue weighted by Crippen LogP contribution is -2.33. The van der Waals surface area contributed by atoms with Crippen LogP contribution in [0.1, 0.15) is 12.6 Å². The lowest BCUT2D eigenvalue weighted by atomic mass is 10.2. The number of hydrogen-bond acceptors (Lipinski definition) is 1. The summed E-state index contributed by atoms with van der Waals surface area (Å²) in [4.78, 5) is 3.41. The second kappa shape index (κ2) is 4.28. The van der Waals surface area contributed by atoms with Gasteiger partial charge in [-0.2, -0.15) is 0 Å². The van der Waals surface area contributed by atoms with Gasteiger partial charge in [-0.1, -0.05) is 6.08 Å². The van der Waals surface area contributed by atoms with E-state index in [1.54, 1.807) is 6.20 Å². The van der Waals surface area contributed by atoms with E-state index >= 15 is 0 Å². The zero-order valence-electron chi connectivity index (χ0n) is 8.36. The van der Waals surface area contributed by atoms with Crippen molar-refractivity contribution >= 4 is 11.4 Å². The van der Waals surface area contributed by atoms with E-state index in [0.29, 0.717) is 5.82 Å². The average molecular weight is 190 g/mol. The Morgan fingerprint density at radius 3 is 2.86 bits per heavy atom. The van der Waals surface area contributed by atoms with Gasteiger partial charge < -0.3 is 5.73 Å². The summed E-state index contributed by atoms with van der Waals surface area (Å²) < 4.78 is 1.84. The molecule has 0 aliphatic heterocycles. The Kier molecular flexibility index (Phi) is 3.08. The van der Waals surface area contributed by atoms with Gasteiger partial charge in [0.15, 0.2) is 12.9 Å². The number of aromatic amines is 1. The predicted octanol–water partition coefficient (Wildman–Crippen LogP) is 1.30. The molecule has 1 rings (SSSR count). The molecule has 0 bridgehead atoms. The zero-order chi connectivity index (χ0) is 10.6. The molecule has 0 unspecified atom stereocenters. The van der Waals surface area contributed by atoms with Crippen molar-refractivity contribution in [3.05, 3.63) is 35.0 Å². The smallest absolute Gasteiger partial charge is 0.306 e. The first-order chi connectivity index (χ1) is 6.69. The van der Waals surface area contributed by atoms with Crippen LogP contribution < -0.4 is 10.4 Å². The summed E-state index contributed by atoms with van der Waals surface area (Å²) in [6, 6.07) is 1.86. The van der Waals surface area contributed by atoms with Gasteiger partial charge in [0.25, 0.3) is 6.57 Å². The topological polar surface area (TPSA) is 50.1 Å². The molecule has 0 aliphatic carbocycles. The van der Waals surface area contributed by atoms with Crippen molar-refractivity contribution in [2.45, 2.75) is 6.92 Å². The molecular formula is C10H14N4+2. The highest BCUT2D eigenvalue weighted by molar-refractivity contribution is 5.71. The Labute approximate surface area is 83.2 Å². The summed E-state index contributed by atoms with van der Waals surface area (Å²) in [6.45, 7) is 6.97. The van der Waals surface area contributed by atoms with Crippen LogP contribution in [-0.4, -0.2) is 5.10 Å². The standard InChI is InChI=1S/C10H13N4/c1-4-8(5-6-12-2)9-7-10(11)13-14(9)3/h2,4-7H,1,3H3,(H2,11,13)/q+1/p+1. The second-order valence-corrected chi connectivity index (χ2v) is 2.86. The highest BCUT2D eigenvalue weighted by Gasteiger charge is 2.13. The zero-order valence-corrected chi connectivity index (χ0v) is 8.36. The van der Waals surface area contributed by atoms with Gasteiger partial charge in [0.05, 0.1) is 11.6 Å².